The fourth-order valence-corrected chi connectivity index (χ4v) is 5.36. The van der Waals surface area contributed by atoms with Crippen LogP contribution in [-0.4, -0.2) is 47.8 Å². The van der Waals surface area contributed by atoms with Gasteiger partial charge in [0.25, 0.3) is 0 Å². The van der Waals surface area contributed by atoms with Crippen molar-refractivity contribution in [2.75, 3.05) is 26.2 Å². The number of rotatable bonds is 3. The first kappa shape index (κ1) is 16.4. The fraction of sp³-hybridized carbons (Fsp3) is 0.900. The summed E-state index contributed by atoms with van der Waals surface area (Å²) in [6.45, 7) is 3.41. The zero-order chi connectivity index (χ0) is 16.6. The van der Waals surface area contributed by atoms with Crippen LogP contribution in [-0.2, 0) is 9.59 Å². The Labute approximate surface area is 145 Å². The number of likely N-dealkylation sites (tertiary alicyclic amines) is 2. The smallest absolute Gasteiger partial charge is 0.230 e. The third-order valence-electron chi connectivity index (χ3n) is 7.15. The standard InChI is InChI=1S/C20H32N2O2/c23-18(17-8-4-9-17)22-13-11-20(15-22)10-5-12-21(19(20)24)14-16-6-2-1-3-7-16/h16-17H,1-15H2/t20-/m0/s1. The van der Waals surface area contributed by atoms with E-state index in [9.17, 15) is 9.59 Å². The molecule has 2 saturated carbocycles. The van der Waals surface area contributed by atoms with Gasteiger partial charge < -0.3 is 9.80 Å². The molecule has 1 atom stereocenters. The van der Waals surface area contributed by atoms with Crippen LogP contribution in [0.3, 0.4) is 0 Å². The van der Waals surface area contributed by atoms with Gasteiger partial charge in [0.1, 0.15) is 0 Å². The average Bonchev–Trinajstić information content (AvgIpc) is 2.97. The van der Waals surface area contributed by atoms with E-state index in [0.29, 0.717) is 24.3 Å². The number of nitrogens with zero attached hydrogens (tertiary/aromatic N) is 2. The van der Waals surface area contributed by atoms with Crippen molar-refractivity contribution in [3.05, 3.63) is 0 Å². The second kappa shape index (κ2) is 6.68. The molecule has 2 aliphatic carbocycles. The number of hydrogen-bond acceptors (Lipinski definition) is 2. The van der Waals surface area contributed by atoms with E-state index in [4.69, 9.17) is 0 Å². The van der Waals surface area contributed by atoms with Gasteiger partial charge in [-0.1, -0.05) is 25.7 Å². The van der Waals surface area contributed by atoms with Gasteiger partial charge in [0.05, 0.1) is 5.41 Å². The molecule has 2 aliphatic heterocycles. The van der Waals surface area contributed by atoms with E-state index < -0.39 is 0 Å². The Bertz CT molecular complexity index is 496. The van der Waals surface area contributed by atoms with Gasteiger partial charge in [-0.25, -0.2) is 0 Å². The van der Waals surface area contributed by atoms with Crippen molar-refractivity contribution in [1.82, 2.24) is 9.80 Å². The van der Waals surface area contributed by atoms with Crippen molar-refractivity contribution in [2.45, 2.75) is 70.6 Å². The minimum Gasteiger partial charge on any atom is -0.342 e. The molecule has 24 heavy (non-hydrogen) atoms. The highest BCUT2D eigenvalue weighted by Crippen LogP contribution is 2.42. The summed E-state index contributed by atoms with van der Waals surface area (Å²) in [5, 5.41) is 0. The Morgan fingerprint density at radius 1 is 0.958 bits per heavy atom. The highest BCUT2D eigenvalue weighted by atomic mass is 16.2. The first-order valence-corrected chi connectivity index (χ1v) is 10.3. The van der Waals surface area contributed by atoms with Crippen molar-refractivity contribution in [2.24, 2.45) is 17.3 Å². The van der Waals surface area contributed by atoms with Gasteiger partial charge in [-0.2, -0.15) is 0 Å². The summed E-state index contributed by atoms with van der Waals surface area (Å²) < 4.78 is 0. The van der Waals surface area contributed by atoms with Crippen molar-refractivity contribution >= 4 is 11.8 Å². The van der Waals surface area contributed by atoms with Crippen molar-refractivity contribution < 1.29 is 9.59 Å². The van der Waals surface area contributed by atoms with E-state index >= 15 is 0 Å². The van der Waals surface area contributed by atoms with Crippen LogP contribution in [0.1, 0.15) is 70.6 Å². The minimum absolute atomic E-state index is 0.244. The molecule has 0 bridgehead atoms. The molecule has 2 saturated heterocycles. The molecule has 0 aromatic rings. The predicted octanol–water partition coefficient (Wildman–Crippen LogP) is 3.21. The fourth-order valence-electron chi connectivity index (χ4n) is 5.36. The molecule has 4 rings (SSSR count). The third-order valence-corrected chi connectivity index (χ3v) is 7.15. The van der Waals surface area contributed by atoms with Crippen LogP contribution in [0.15, 0.2) is 0 Å². The van der Waals surface area contributed by atoms with E-state index in [1.807, 2.05) is 4.90 Å². The maximum absolute atomic E-state index is 13.2. The average molecular weight is 332 g/mol. The minimum atomic E-state index is -0.244. The Kier molecular flexibility index (Phi) is 4.57. The lowest BCUT2D eigenvalue weighted by Gasteiger charge is -2.41. The zero-order valence-electron chi connectivity index (χ0n) is 15.0. The quantitative estimate of drug-likeness (QED) is 0.796. The summed E-state index contributed by atoms with van der Waals surface area (Å²) in [4.78, 5) is 30.0. The molecule has 4 heteroatoms. The highest BCUT2D eigenvalue weighted by Gasteiger charge is 2.50. The van der Waals surface area contributed by atoms with Gasteiger partial charge in [-0.3, -0.25) is 9.59 Å². The molecule has 4 fully saturated rings. The maximum atomic E-state index is 13.2. The van der Waals surface area contributed by atoms with E-state index in [-0.39, 0.29) is 11.3 Å². The van der Waals surface area contributed by atoms with Crippen molar-refractivity contribution in [1.29, 1.82) is 0 Å². The summed E-state index contributed by atoms with van der Waals surface area (Å²) in [5.74, 6) is 1.67. The van der Waals surface area contributed by atoms with Crippen LogP contribution in [0.25, 0.3) is 0 Å². The van der Waals surface area contributed by atoms with Crippen LogP contribution in [0, 0.1) is 17.3 Å². The molecule has 134 valence electrons. The predicted molar refractivity (Wildman–Crippen MR) is 93.4 cm³/mol. The molecular weight excluding hydrogens is 300 g/mol. The lowest BCUT2D eigenvalue weighted by atomic mass is 9.77. The summed E-state index contributed by atoms with van der Waals surface area (Å²) in [5.41, 5.74) is -0.244. The number of piperidine rings is 1. The number of hydrogen-bond donors (Lipinski definition) is 0. The van der Waals surface area contributed by atoms with E-state index in [0.717, 1.165) is 51.7 Å². The highest BCUT2D eigenvalue weighted by molar-refractivity contribution is 5.86. The first-order chi connectivity index (χ1) is 11.7. The monoisotopic (exact) mass is 332 g/mol. The second-order valence-corrected chi connectivity index (χ2v) is 8.78. The molecule has 2 heterocycles. The van der Waals surface area contributed by atoms with Crippen molar-refractivity contribution in [3.63, 3.8) is 0 Å². The lowest BCUT2D eigenvalue weighted by Crippen LogP contribution is -2.52. The SMILES string of the molecule is O=C(C1CCC1)N1CC[C@@]2(CCCN(CC3CCCCC3)C2=O)C1. The topological polar surface area (TPSA) is 40.6 Å². The molecule has 0 unspecified atom stereocenters. The van der Waals surface area contributed by atoms with Gasteiger partial charge in [0.15, 0.2) is 0 Å². The van der Waals surface area contributed by atoms with Crippen LogP contribution in [0.2, 0.25) is 0 Å². The number of amides is 2. The number of carbonyl (C=O) groups is 2. The van der Waals surface area contributed by atoms with Gasteiger partial charge in [-0.05, 0) is 50.9 Å². The number of carbonyl (C=O) groups excluding carboxylic acids is 2. The summed E-state index contributed by atoms with van der Waals surface area (Å²) in [7, 11) is 0. The molecule has 4 aliphatic rings. The summed E-state index contributed by atoms with van der Waals surface area (Å²) in [6.07, 6.45) is 12.9. The van der Waals surface area contributed by atoms with Crippen LogP contribution in [0.5, 0.6) is 0 Å². The molecule has 2 amide bonds. The van der Waals surface area contributed by atoms with E-state index in [1.54, 1.807) is 0 Å². The second-order valence-electron chi connectivity index (χ2n) is 8.78. The Morgan fingerprint density at radius 3 is 2.46 bits per heavy atom. The molecule has 0 aromatic heterocycles. The van der Waals surface area contributed by atoms with Crippen LogP contribution in [0.4, 0.5) is 0 Å². The van der Waals surface area contributed by atoms with E-state index in [2.05, 4.69) is 4.90 Å². The molecule has 1 spiro atoms. The molecule has 0 N–H and O–H groups in total. The van der Waals surface area contributed by atoms with Crippen LogP contribution < -0.4 is 0 Å². The van der Waals surface area contributed by atoms with Gasteiger partial charge >= 0.3 is 0 Å². The Hall–Kier alpha value is -1.06. The van der Waals surface area contributed by atoms with Gasteiger partial charge in [0, 0.05) is 32.1 Å². The lowest BCUT2D eigenvalue weighted by molar-refractivity contribution is -0.147. The normalized spacial score (nSPS) is 32.4. The summed E-state index contributed by atoms with van der Waals surface area (Å²) in [6, 6.07) is 0. The first-order valence-electron chi connectivity index (χ1n) is 10.3. The summed E-state index contributed by atoms with van der Waals surface area (Å²) >= 11 is 0. The molecule has 0 aromatic carbocycles. The van der Waals surface area contributed by atoms with Crippen LogP contribution >= 0.6 is 0 Å². The Morgan fingerprint density at radius 2 is 1.75 bits per heavy atom. The van der Waals surface area contributed by atoms with Gasteiger partial charge in [-0.15, -0.1) is 0 Å². The molecule has 0 radical (unpaired) electrons. The molecule has 4 nitrogen and oxygen atoms in total. The third kappa shape index (κ3) is 2.97. The maximum Gasteiger partial charge on any atom is 0.230 e. The van der Waals surface area contributed by atoms with E-state index in [1.165, 1.54) is 38.5 Å². The zero-order valence-corrected chi connectivity index (χ0v) is 15.0. The largest absolute Gasteiger partial charge is 0.342 e. The van der Waals surface area contributed by atoms with Gasteiger partial charge in [0.2, 0.25) is 11.8 Å². The molecular formula is C20H32N2O2. The Balaban J connectivity index is 1.39. The van der Waals surface area contributed by atoms with Crippen molar-refractivity contribution in [3.8, 4) is 0 Å².